The molecule has 0 radical (unpaired) electrons. The summed E-state index contributed by atoms with van der Waals surface area (Å²) in [5, 5.41) is 13.5. The van der Waals surface area contributed by atoms with Crippen LogP contribution in [-0.2, 0) is 16.4 Å². The van der Waals surface area contributed by atoms with Gasteiger partial charge in [0.15, 0.2) is 0 Å². The minimum absolute atomic E-state index is 0.00228. The van der Waals surface area contributed by atoms with E-state index in [1.165, 1.54) is 0 Å². The van der Waals surface area contributed by atoms with Gasteiger partial charge in [-0.15, -0.1) is 0 Å². The van der Waals surface area contributed by atoms with E-state index >= 15 is 0 Å². The molecule has 2 heterocycles. The highest BCUT2D eigenvalue weighted by Gasteiger charge is 2.21. The Morgan fingerprint density at radius 1 is 1.18 bits per heavy atom. The van der Waals surface area contributed by atoms with Gasteiger partial charge in [-0.3, -0.25) is 9.78 Å². The number of benzene rings is 2. The van der Waals surface area contributed by atoms with Crippen LogP contribution < -0.4 is 14.8 Å². The number of sulfonamides is 1. The number of nitrogens with zero attached hydrogens (tertiary/aromatic N) is 1. The van der Waals surface area contributed by atoms with E-state index in [1.54, 1.807) is 36.7 Å². The molecule has 1 aromatic heterocycles. The molecule has 1 aliphatic heterocycles. The van der Waals surface area contributed by atoms with Crippen LogP contribution in [0.4, 0.5) is 0 Å². The maximum Gasteiger partial charge on any atom is 0.264 e. The summed E-state index contributed by atoms with van der Waals surface area (Å²) in [7, 11) is -3.63. The third kappa shape index (κ3) is 6.19. The van der Waals surface area contributed by atoms with Crippen LogP contribution in [0.25, 0.3) is 11.1 Å². The van der Waals surface area contributed by atoms with Gasteiger partial charge in [-0.05, 0) is 59.9 Å². The summed E-state index contributed by atoms with van der Waals surface area (Å²) in [5.74, 6) is 0.162. The summed E-state index contributed by atoms with van der Waals surface area (Å²) in [5.41, 5.74) is 3.87. The number of aryl methyl sites for hydroxylation is 1. The molecule has 0 fully saturated rings. The predicted octanol–water partition coefficient (Wildman–Crippen LogP) is 2.45. The Balaban J connectivity index is 1.37. The van der Waals surface area contributed by atoms with Crippen molar-refractivity contribution in [3.63, 3.8) is 0 Å². The average Bonchev–Trinajstić information content (AvgIpc) is 2.83. The van der Waals surface area contributed by atoms with Crippen LogP contribution in [0.1, 0.15) is 34.0 Å². The number of fused-ring (bicyclic) bond motifs is 1. The first-order chi connectivity index (χ1) is 16.3. The van der Waals surface area contributed by atoms with Gasteiger partial charge in [0.05, 0.1) is 12.4 Å². The number of carbonyl (C=O) groups is 1. The number of carbonyl (C=O) groups excluding carboxylic acids is 1. The second-order valence-electron chi connectivity index (χ2n) is 8.35. The lowest BCUT2D eigenvalue weighted by Gasteiger charge is -2.27. The summed E-state index contributed by atoms with van der Waals surface area (Å²) >= 11 is 0. The minimum atomic E-state index is -3.63. The number of hydrogen-bond acceptors (Lipinski definition) is 7. The molecule has 0 spiro atoms. The van der Waals surface area contributed by atoms with Gasteiger partial charge in [0.1, 0.15) is 11.9 Å². The average molecular weight is 482 g/mol. The Kier molecular flexibility index (Phi) is 7.26. The summed E-state index contributed by atoms with van der Waals surface area (Å²) in [6.07, 6.45) is 5.34. The van der Waals surface area contributed by atoms with Crippen LogP contribution >= 0.6 is 0 Å². The molecule has 9 heteroatoms. The van der Waals surface area contributed by atoms with Crippen LogP contribution in [0.3, 0.4) is 0 Å². The number of rotatable bonds is 8. The fraction of sp³-hybridized carbons (Fsp3) is 0.280. The minimum Gasteiger partial charge on any atom is -0.489 e. The normalized spacial score (nSPS) is 16.2. The molecule has 1 amide bonds. The van der Waals surface area contributed by atoms with Gasteiger partial charge in [0.2, 0.25) is 10.0 Å². The second kappa shape index (κ2) is 10.3. The van der Waals surface area contributed by atoms with Gasteiger partial charge >= 0.3 is 0 Å². The van der Waals surface area contributed by atoms with Crippen molar-refractivity contribution in [3.8, 4) is 16.9 Å². The number of ether oxygens (including phenoxy) is 1. The van der Waals surface area contributed by atoms with E-state index in [-0.39, 0.29) is 11.7 Å². The summed E-state index contributed by atoms with van der Waals surface area (Å²) in [6.45, 7) is 1.04. The molecule has 0 saturated carbocycles. The van der Waals surface area contributed by atoms with Crippen molar-refractivity contribution in [2.24, 2.45) is 0 Å². The third-order valence-electron chi connectivity index (χ3n) is 5.60. The number of amides is 1. The van der Waals surface area contributed by atoms with Crippen LogP contribution in [0.2, 0.25) is 0 Å². The number of nitrogens with one attached hydrogen (secondary N) is 2. The topological polar surface area (TPSA) is 118 Å². The van der Waals surface area contributed by atoms with E-state index < -0.39 is 22.0 Å². The van der Waals surface area contributed by atoms with Crippen LogP contribution in [0.5, 0.6) is 5.75 Å². The Labute approximate surface area is 199 Å². The molecular formula is C25H27N3O5S. The van der Waals surface area contributed by atoms with E-state index in [1.807, 2.05) is 35.1 Å². The smallest absolute Gasteiger partial charge is 0.264 e. The van der Waals surface area contributed by atoms with E-state index in [4.69, 9.17) is 4.74 Å². The van der Waals surface area contributed by atoms with Crippen molar-refractivity contribution in [3.05, 3.63) is 83.7 Å². The standard InChI is InChI=1S/C25H27N3O5S/c1-34(31,32)28-25(30)20-5-2-4-17(13-20)18-8-10-24-19(12-18)7-9-22(33-24)15-27-16-23(29)21-6-3-11-26-14-21/h2-6,8,10-14,22-23,27,29H,7,9,15-16H2,1H3,(H,28,30)/t22-,23-/m1/s1. The largest absolute Gasteiger partial charge is 0.489 e. The maximum atomic E-state index is 12.2. The van der Waals surface area contributed by atoms with E-state index in [9.17, 15) is 18.3 Å². The summed E-state index contributed by atoms with van der Waals surface area (Å²) < 4.78 is 30.8. The Hall–Kier alpha value is -3.27. The molecule has 0 bridgehead atoms. The second-order valence-corrected chi connectivity index (χ2v) is 10.1. The Morgan fingerprint density at radius 3 is 2.76 bits per heavy atom. The van der Waals surface area contributed by atoms with Crippen LogP contribution in [0.15, 0.2) is 67.0 Å². The zero-order valence-corrected chi connectivity index (χ0v) is 19.6. The molecule has 8 nitrogen and oxygen atoms in total. The molecule has 3 aromatic rings. The number of aromatic nitrogens is 1. The van der Waals surface area contributed by atoms with Crippen molar-refractivity contribution < 1.29 is 23.1 Å². The lowest BCUT2D eigenvalue weighted by atomic mass is 9.96. The van der Waals surface area contributed by atoms with Gasteiger partial charge in [-0.1, -0.05) is 24.3 Å². The first-order valence-corrected chi connectivity index (χ1v) is 12.9. The highest BCUT2D eigenvalue weighted by Crippen LogP contribution is 2.32. The summed E-state index contributed by atoms with van der Waals surface area (Å²) in [6, 6.07) is 16.4. The molecule has 4 rings (SSSR count). The highest BCUT2D eigenvalue weighted by molar-refractivity contribution is 7.89. The monoisotopic (exact) mass is 481 g/mol. The number of pyridine rings is 1. The summed E-state index contributed by atoms with van der Waals surface area (Å²) in [4.78, 5) is 16.2. The van der Waals surface area contributed by atoms with E-state index in [2.05, 4.69) is 10.3 Å². The number of hydrogen-bond donors (Lipinski definition) is 3. The van der Waals surface area contributed by atoms with Crippen molar-refractivity contribution in [1.29, 1.82) is 0 Å². The van der Waals surface area contributed by atoms with Crippen molar-refractivity contribution in [1.82, 2.24) is 15.0 Å². The molecule has 1 aliphatic rings. The molecule has 0 unspecified atom stereocenters. The zero-order valence-electron chi connectivity index (χ0n) is 18.8. The maximum absolute atomic E-state index is 12.2. The van der Waals surface area contributed by atoms with Crippen molar-refractivity contribution in [2.75, 3.05) is 19.3 Å². The molecular weight excluding hydrogens is 454 g/mol. The highest BCUT2D eigenvalue weighted by atomic mass is 32.2. The Morgan fingerprint density at radius 2 is 2.00 bits per heavy atom. The zero-order chi connectivity index (χ0) is 24.1. The molecule has 2 aromatic carbocycles. The van der Waals surface area contributed by atoms with Crippen LogP contribution in [-0.4, -0.2) is 49.9 Å². The van der Waals surface area contributed by atoms with Crippen LogP contribution in [0, 0.1) is 0 Å². The lowest BCUT2D eigenvalue weighted by molar-refractivity contribution is 0.0981. The molecule has 178 valence electrons. The quantitative estimate of drug-likeness (QED) is 0.452. The van der Waals surface area contributed by atoms with Gasteiger partial charge < -0.3 is 15.2 Å². The molecule has 3 N–H and O–H groups in total. The first-order valence-electron chi connectivity index (χ1n) is 11.0. The fourth-order valence-electron chi connectivity index (χ4n) is 3.91. The molecule has 0 aliphatic carbocycles. The van der Waals surface area contributed by atoms with Gasteiger partial charge in [-0.2, -0.15) is 0 Å². The van der Waals surface area contributed by atoms with E-state index in [0.29, 0.717) is 13.1 Å². The fourth-order valence-corrected chi connectivity index (χ4v) is 4.36. The van der Waals surface area contributed by atoms with Gasteiger partial charge in [0, 0.05) is 36.6 Å². The molecule has 2 atom stereocenters. The number of aliphatic hydroxyl groups excluding tert-OH is 1. The first kappa shape index (κ1) is 23.9. The number of aliphatic hydroxyl groups is 1. The Bertz CT molecular complexity index is 1260. The van der Waals surface area contributed by atoms with Crippen molar-refractivity contribution >= 4 is 15.9 Å². The van der Waals surface area contributed by atoms with E-state index in [0.717, 1.165) is 47.1 Å². The van der Waals surface area contributed by atoms with Gasteiger partial charge in [-0.25, -0.2) is 13.1 Å². The molecule has 34 heavy (non-hydrogen) atoms. The SMILES string of the molecule is CS(=O)(=O)NC(=O)c1cccc(-c2ccc3c(c2)CC[C@H](CNC[C@@H](O)c2cccnc2)O3)c1. The van der Waals surface area contributed by atoms with Gasteiger partial charge in [0.25, 0.3) is 5.91 Å². The lowest BCUT2D eigenvalue weighted by Crippen LogP contribution is -2.36. The van der Waals surface area contributed by atoms with Crippen molar-refractivity contribution in [2.45, 2.75) is 25.0 Å². The third-order valence-corrected chi connectivity index (χ3v) is 6.16. The predicted molar refractivity (Wildman–Crippen MR) is 129 cm³/mol. The molecule has 0 saturated heterocycles.